The molecule has 0 spiro atoms. The Labute approximate surface area is 163 Å². The Morgan fingerprint density at radius 3 is 2.46 bits per heavy atom. The zero-order valence-corrected chi connectivity index (χ0v) is 15.8. The number of rotatable bonds is 7. The lowest BCUT2D eigenvalue weighted by Gasteiger charge is -2.54. The molecule has 5 rings (SSSR count). The van der Waals surface area contributed by atoms with Gasteiger partial charge in [-0.05, 0) is 49.1 Å². The van der Waals surface area contributed by atoms with Crippen molar-refractivity contribution in [3.63, 3.8) is 0 Å². The van der Waals surface area contributed by atoms with Crippen molar-refractivity contribution in [3.8, 4) is 0 Å². The summed E-state index contributed by atoms with van der Waals surface area (Å²) in [7, 11) is 0. The number of carbonyl (C=O) groups is 2. The van der Waals surface area contributed by atoms with Crippen molar-refractivity contribution in [1.29, 1.82) is 0 Å². The minimum absolute atomic E-state index is 0.121. The van der Waals surface area contributed by atoms with Gasteiger partial charge in [-0.2, -0.15) is 8.78 Å². The van der Waals surface area contributed by atoms with Gasteiger partial charge in [0.2, 0.25) is 0 Å². The second-order valence-electron chi connectivity index (χ2n) is 8.57. The van der Waals surface area contributed by atoms with E-state index in [-0.39, 0.29) is 24.2 Å². The molecule has 1 aromatic rings. The summed E-state index contributed by atoms with van der Waals surface area (Å²) in [5.41, 5.74) is 0.923. The van der Waals surface area contributed by atoms with Gasteiger partial charge in [0.1, 0.15) is 11.4 Å². The molecule has 4 fully saturated rings. The lowest BCUT2D eigenvalue weighted by atomic mass is 9.53. The summed E-state index contributed by atoms with van der Waals surface area (Å²) in [6.07, 6.45) is 4.76. The summed E-state index contributed by atoms with van der Waals surface area (Å²) < 4.78 is 34.2. The number of Topliss-reactive ketones (excluding diaryl/α,β-unsaturated/α-hetero) is 1. The quantitative estimate of drug-likeness (QED) is 0.722. The minimum Gasteiger partial charge on any atom is -0.455 e. The molecular formula is C22H25F2NO3. The molecule has 2 unspecified atom stereocenters. The Hall–Kier alpha value is -2.08. The van der Waals surface area contributed by atoms with Crippen LogP contribution in [-0.2, 0) is 20.9 Å². The number of carbonyl (C=O) groups excluding carboxylic acids is 2. The van der Waals surface area contributed by atoms with Crippen LogP contribution in [0.15, 0.2) is 30.8 Å². The van der Waals surface area contributed by atoms with Gasteiger partial charge in [-0.1, -0.05) is 36.9 Å². The lowest BCUT2D eigenvalue weighted by Crippen LogP contribution is -2.58. The van der Waals surface area contributed by atoms with E-state index in [2.05, 4.69) is 11.9 Å². The van der Waals surface area contributed by atoms with Crippen molar-refractivity contribution in [2.75, 3.05) is 6.54 Å². The van der Waals surface area contributed by atoms with Gasteiger partial charge in [0.15, 0.2) is 0 Å². The fourth-order valence-electron chi connectivity index (χ4n) is 5.28. The first-order chi connectivity index (χ1) is 13.3. The van der Waals surface area contributed by atoms with Crippen LogP contribution in [0.2, 0.25) is 0 Å². The van der Waals surface area contributed by atoms with Crippen LogP contribution in [-0.4, -0.2) is 29.8 Å². The number of benzene rings is 1. The third kappa shape index (κ3) is 3.62. The Bertz CT molecular complexity index is 771. The lowest BCUT2D eigenvalue weighted by molar-refractivity contribution is -0.208. The number of ether oxygens (including phenoxy) is 1. The van der Waals surface area contributed by atoms with Gasteiger partial charge in [0, 0.05) is 18.4 Å². The molecule has 1 N–H and O–H groups in total. The molecule has 0 heterocycles. The summed E-state index contributed by atoms with van der Waals surface area (Å²) in [6, 6.07) is 7.36. The largest absolute Gasteiger partial charge is 0.455 e. The van der Waals surface area contributed by atoms with Crippen LogP contribution in [0, 0.1) is 17.8 Å². The van der Waals surface area contributed by atoms with E-state index in [1.807, 2.05) is 24.3 Å². The van der Waals surface area contributed by atoms with Gasteiger partial charge in [0.05, 0.1) is 6.54 Å². The highest BCUT2D eigenvalue weighted by molar-refractivity contribution is 5.86. The third-order valence-corrected chi connectivity index (χ3v) is 6.44. The number of halogens is 2. The third-order valence-electron chi connectivity index (χ3n) is 6.44. The van der Waals surface area contributed by atoms with Crippen molar-refractivity contribution in [2.24, 2.45) is 17.8 Å². The summed E-state index contributed by atoms with van der Waals surface area (Å²) in [5, 5.41) is 2.64. The van der Waals surface area contributed by atoms with Crippen LogP contribution in [0.1, 0.15) is 43.2 Å². The first-order valence-electron chi connectivity index (χ1n) is 9.87. The molecule has 2 atom stereocenters. The topological polar surface area (TPSA) is 55.4 Å². The average molecular weight is 389 g/mol. The number of nitrogens with one attached hydrogen (secondary N) is 1. The van der Waals surface area contributed by atoms with Gasteiger partial charge >= 0.3 is 11.9 Å². The van der Waals surface area contributed by atoms with Crippen LogP contribution in [0.25, 0.3) is 6.08 Å². The summed E-state index contributed by atoms with van der Waals surface area (Å²) in [4.78, 5) is 24.5. The van der Waals surface area contributed by atoms with Gasteiger partial charge in [0.25, 0.3) is 0 Å². The number of hydrogen-bond acceptors (Lipinski definition) is 4. The maximum absolute atomic E-state index is 14.4. The van der Waals surface area contributed by atoms with Crippen LogP contribution in [0.3, 0.4) is 0 Å². The SMILES string of the molecule is C=Cc1ccc(CNCC(F)(F)C(=O)OC23CC4CC(C2)C(=O)C(C4)C3)cc1. The Morgan fingerprint density at radius 2 is 1.86 bits per heavy atom. The highest BCUT2D eigenvalue weighted by atomic mass is 19.3. The van der Waals surface area contributed by atoms with Gasteiger partial charge in [-0.25, -0.2) is 4.79 Å². The zero-order valence-electron chi connectivity index (χ0n) is 15.8. The molecule has 28 heavy (non-hydrogen) atoms. The molecule has 4 aliphatic rings. The smallest absolute Gasteiger partial charge is 0.378 e. The molecule has 4 aliphatic carbocycles. The van der Waals surface area contributed by atoms with Crippen molar-refractivity contribution in [1.82, 2.24) is 5.32 Å². The standard InChI is InChI=1S/C22H25F2NO3/c1-2-14-3-5-15(6-4-14)12-25-13-22(23,24)20(27)28-21-9-16-7-17(10-21)19(26)18(8-16)11-21/h2-6,16-18,25H,1,7-13H2. The monoisotopic (exact) mass is 389 g/mol. The Kier molecular flexibility index (Phi) is 4.86. The van der Waals surface area contributed by atoms with Gasteiger partial charge < -0.3 is 10.1 Å². The molecule has 0 radical (unpaired) electrons. The molecule has 4 nitrogen and oxygen atoms in total. The van der Waals surface area contributed by atoms with Crippen LogP contribution >= 0.6 is 0 Å². The minimum atomic E-state index is -3.60. The molecule has 6 heteroatoms. The summed E-state index contributed by atoms with van der Waals surface area (Å²) >= 11 is 0. The zero-order chi connectivity index (χ0) is 19.9. The maximum atomic E-state index is 14.4. The second kappa shape index (κ2) is 7.07. The van der Waals surface area contributed by atoms with Gasteiger partial charge in [-0.15, -0.1) is 0 Å². The molecule has 0 saturated heterocycles. The van der Waals surface area contributed by atoms with Crippen LogP contribution < -0.4 is 5.32 Å². The Morgan fingerprint density at radius 1 is 1.21 bits per heavy atom. The van der Waals surface area contributed by atoms with Crippen molar-refractivity contribution in [2.45, 2.75) is 50.2 Å². The number of hydrogen-bond donors (Lipinski definition) is 1. The molecule has 4 saturated carbocycles. The van der Waals surface area contributed by atoms with Crippen LogP contribution in [0.4, 0.5) is 8.78 Å². The van der Waals surface area contributed by atoms with Crippen molar-refractivity contribution >= 4 is 17.8 Å². The first kappa shape index (κ1) is 19.2. The predicted octanol–water partition coefficient (Wildman–Crippen LogP) is 3.75. The number of ketones is 1. The van der Waals surface area contributed by atoms with Gasteiger partial charge in [-0.3, -0.25) is 4.79 Å². The second-order valence-corrected chi connectivity index (χ2v) is 8.57. The molecular weight excluding hydrogens is 364 g/mol. The Balaban J connectivity index is 1.33. The van der Waals surface area contributed by atoms with E-state index < -0.39 is 24.0 Å². The summed E-state index contributed by atoms with van der Waals surface area (Å²) in [6.45, 7) is 3.12. The average Bonchev–Trinajstić information content (AvgIpc) is 2.65. The molecule has 1 aromatic carbocycles. The number of esters is 1. The van der Waals surface area contributed by atoms with E-state index in [9.17, 15) is 18.4 Å². The maximum Gasteiger partial charge on any atom is 0.378 e. The van der Waals surface area contributed by atoms with E-state index in [1.165, 1.54) is 0 Å². The number of alkyl halides is 2. The van der Waals surface area contributed by atoms with Crippen molar-refractivity contribution in [3.05, 3.63) is 42.0 Å². The van der Waals surface area contributed by atoms with E-state index in [1.54, 1.807) is 6.08 Å². The highest BCUT2D eigenvalue weighted by Crippen LogP contribution is 2.55. The fourth-order valence-corrected chi connectivity index (χ4v) is 5.28. The summed E-state index contributed by atoms with van der Waals surface area (Å²) in [5.74, 6) is -4.77. The van der Waals surface area contributed by atoms with E-state index in [0.717, 1.165) is 24.0 Å². The molecule has 4 bridgehead atoms. The van der Waals surface area contributed by atoms with Crippen molar-refractivity contribution < 1.29 is 23.1 Å². The van der Waals surface area contributed by atoms with E-state index >= 15 is 0 Å². The predicted molar refractivity (Wildman–Crippen MR) is 101 cm³/mol. The normalized spacial score (nSPS) is 31.1. The van der Waals surface area contributed by atoms with Crippen LogP contribution in [0.5, 0.6) is 0 Å². The molecule has 0 aromatic heterocycles. The fraction of sp³-hybridized carbons (Fsp3) is 0.545. The first-order valence-corrected chi connectivity index (χ1v) is 9.87. The van der Waals surface area contributed by atoms with E-state index in [0.29, 0.717) is 25.2 Å². The molecule has 150 valence electrons. The highest BCUT2D eigenvalue weighted by Gasteiger charge is 2.58. The van der Waals surface area contributed by atoms with E-state index in [4.69, 9.17) is 4.74 Å². The molecule has 0 amide bonds. The molecule has 0 aliphatic heterocycles.